The molecule has 2 N–H and O–H groups in total. The summed E-state index contributed by atoms with van der Waals surface area (Å²) in [6, 6.07) is 2.79. The van der Waals surface area contributed by atoms with Crippen molar-refractivity contribution in [2.45, 2.75) is 32.2 Å². The summed E-state index contributed by atoms with van der Waals surface area (Å²) in [5.41, 5.74) is 0.352. The van der Waals surface area contributed by atoms with E-state index in [0.717, 1.165) is 19.4 Å². The molecule has 20 heavy (non-hydrogen) atoms. The largest absolute Gasteiger partial charge is 0.324 e. The van der Waals surface area contributed by atoms with Crippen LogP contribution in [-0.2, 0) is 4.79 Å². The second-order valence-electron chi connectivity index (χ2n) is 5.19. The number of carbonyl (C=O) groups excluding carboxylic acids is 1. The Labute approximate surface area is 121 Å². The van der Waals surface area contributed by atoms with Crippen LogP contribution in [0.25, 0.3) is 0 Å². The number of carbonyl (C=O) groups is 1. The molecule has 1 aromatic carbocycles. The van der Waals surface area contributed by atoms with Crippen LogP contribution in [0.3, 0.4) is 0 Å². The van der Waals surface area contributed by atoms with Crippen molar-refractivity contribution in [1.29, 1.82) is 0 Å². The Morgan fingerprint density at radius 2 is 2.25 bits per heavy atom. The van der Waals surface area contributed by atoms with Gasteiger partial charge in [0.2, 0.25) is 5.91 Å². The number of halogens is 1. The second kappa shape index (κ2) is 5.38. The summed E-state index contributed by atoms with van der Waals surface area (Å²) in [4.78, 5) is 22.5. The molecule has 1 aliphatic heterocycles. The third-order valence-electron chi connectivity index (χ3n) is 3.61. The second-order valence-corrected chi connectivity index (χ2v) is 5.60. The Morgan fingerprint density at radius 3 is 2.80 bits per heavy atom. The molecule has 2 rings (SSSR count). The van der Waals surface area contributed by atoms with E-state index >= 15 is 0 Å². The molecule has 7 heteroatoms. The fourth-order valence-corrected chi connectivity index (χ4v) is 2.52. The molecule has 0 bridgehead atoms. The lowest BCUT2D eigenvalue weighted by atomic mass is 9.99. The SMILES string of the molecule is Cc1cc([N+](=O)[O-])c(Cl)cc1NC(=O)C1(C)CCCN1. The lowest BCUT2D eigenvalue weighted by molar-refractivity contribution is -0.384. The highest BCUT2D eigenvalue weighted by molar-refractivity contribution is 6.33. The summed E-state index contributed by atoms with van der Waals surface area (Å²) >= 11 is 5.87. The zero-order valence-corrected chi connectivity index (χ0v) is 12.1. The van der Waals surface area contributed by atoms with Crippen LogP contribution in [-0.4, -0.2) is 22.9 Å². The summed E-state index contributed by atoms with van der Waals surface area (Å²) < 4.78 is 0. The quantitative estimate of drug-likeness (QED) is 0.663. The van der Waals surface area contributed by atoms with Crippen LogP contribution in [0.15, 0.2) is 12.1 Å². The molecular formula is C13H16ClN3O3. The molecule has 108 valence electrons. The maximum atomic E-state index is 12.3. The van der Waals surface area contributed by atoms with E-state index in [2.05, 4.69) is 10.6 Å². The maximum absolute atomic E-state index is 12.3. The Kier molecular flexibility index (Phi) is 3.96. The zero-order chi connectivity index (χ0) is 14.9. The van der Waals surface area contributed by atoms with Crippen LogP contribution >= 0.6 is 11.6 Å². The van der Waals surface area contributed by atoms with Gasteiger partial charge in [0.1, 0.15) is 5.02 Å². The van der Waals surface area contributed by atoms with E-state index in [1.54, 1.807) is 6.92 Å². The van der Waals surface area contributed by atoms with Gasteiger partial charge >= 0.3 is 0 Å². The molecule has 1 fully saturated rings. The van der Waals surface area contributed by atoms with Crippen LogP contribution in [0.1, 0.15) is 25.3 Å². The van der Waals surface area contributed by atoms with Gasteiger partial charge in [0.05, 0.1) is 10.5 Å². The van der Waals surface area contributed by atoms with Gasteiger partial charge in [-0.25, -0.2) is 0 Å². The smallest absolute Gasteiger partial charge is 0.288 e. The minimum absolute atomic E-state index is 0.0143. The van der Waals surface area contributed by atoms with Gasteiger partial charge in [0.15, 0.2) is 0 Å². The number of hydrogen-bond acceptors (Lipinski definition) is 4. The molecule has 1 unspecified atom stereocenters. The Balaban J connectivity index is 2.24. The minimum atomic E-state index is -0.597. The highest BCUT2D eigenvalue weighted by atomic mass is 35.5. The molecule has 1 heterocycles. The van der Waals surface area contributed by atoms with Crippen molar-refractivity contribution in [3.8, 4) is 0 Å². The lowest BCUT2D eigenvalue weighted by Crippen LogP contribution is -2.48. The van der Waals surface area contributed by atoms with Crippen LogP contribution in [0.5, 0.6) is 0 Å². The summed E-state index contributed by atoms with van der Waals surface area (Å²) in [6.45, 7) is 4.35. The zero-order valence-electron chi connectivity index (χ0n) is 11.3. The Hall–Kier alpha value is -1.66. The number of nitrogens with zero attached hydrogens (tertiary/aromatic N) is 1. The van der Waals surface area contributed by atoms with Gasteiger partial charge < -0.3 is 10.6 Å². The molecule has 0 radical (unpaired) electrons. The summed E-state index contributed by atoms with van der Waals surface area (Å²) in [7, 11) is 0. The van der Waals surface area contributed by atoms with Crippen molar-refractivity contribution in [3.05, 3.63) is 32.8 Å². The van der Waals surface area contributed by atoms with E-state index in [-0.39, 0.29) is 16.6 Å². The van der Waals surface area contributed by atoms with Crippen LogP contribution in [0, 0.1) is 17.0 Å². The number of amides is 1. The van der Waals surface area contributed by atoms with Crippen LogP contribution in [0.2, 0.25) is 5.02 Å². The molecule has 1 aliphatic rings. The van der Waals surface area contributed by atoms with Crippen LogP contribution < -0.4 is 10.6 Å². The van der Waals surface area contributed by atoms with E-state index in [4.69, 9.17) is 11.6 Å². The molecule has 0 aromatic heterocycles. The fraction of sp³-hybridized carbons (Fsp3) is 0.462. The number of aryl methyl sites for hydroxylation is 1. The fourth-order valence-electron chi connectivity index (χ4n) is 2.29. The standard InChI is InChI=1S/C13H16ClN3O3/c1-8-6-11(17(19)20)9(14)7-10(8)16-12(18)13(2)4-3-5-15-13/h6-7,15H,3-5H2,1-2H3,(H,16,18). The summed E-state index contributed by atoms with van der Waals surface area (Å²) in [6.07, 6.45) is 1.71. The number of rotatable bonds is 3. The lowest BCUT2D eigenvalue weighted by Gasteiger charge is -2.23. The predicted octanol–water partition coefficient (Wildman–Crippen LogP) is 2.64. The first-order valence-corrected chi connectivity index (χ1v) is 6.72. The normalized spacial score (nSPS) is 21.8. The highest BCUT2D eigenvalue weighted by Gasteiger charge is 2.36. The van der Waals surface area contributed by atoms with Crippen molar-refractivity contribution in [2.75, 3.05) is 11.9 Å². The molecule has 1 aromatic rings. The van der Waals surface area contributed by atoms with Crippen LogP contribution in [0.4, 0.5) is 11.4 Å². The molecule has 1 atom stereocenters. The average molecular weight is 298 g/mol. The summed E-state index contributed by atoms with van der Waals surface area (Å²) in [5, 5.41) is 16.8. The average Bonchev–Trinajstić information content (AvgIpc) is 2.81. The van der Waals surface area contributed by atoms with E-state index in [0.29, 0.717) is 11.3 Å². The van der Waals surface area contributed by atoms with Gasteiger partial charge in [-0.2, -0.15) is 0 Å². The molecule has 6 nitrogen and oxygen atoms in total. The Morgan fingerprint density at radius 1 is 1.55 bits per heavy atom. The maximum Gasteiger partial charge on any atom is 0.288 e. The Bertz CT molecular complexity index is 568. The number of nitrogens with one attached hydrogen (secondary N) is 2. The van der Waals surface area contributed by atoms with Crippen molar-refractivity contribution in [3.63, 3.8) is 0 Å². The molecule has 0 spiro atoms. The molecular weight excluding hydrogens is 282 g/mol. The topological polar surface area (TPSA) is 84.3 Å². The third kappa shape index (κ3) is 2.76. The first-order valence-electron chi connectivity index (χ1n) is 6.34. The number of anilines is 1. The predicted molar refractivity (Wildman–Crippen MR) is 77.1 cm³/mol. The van der Waals surface area contributed by atoms with Gasteiger partial charge in [-0.1, -0.05) is 11.6 Å². The number of nitro groups is 1. The van der Waals surface area contributed by atoms with Gasteiger partial charge in [-0.15, -0.1) is 0 Å². The van der Waals surface area contributed by atoms with Gasteiger partial charge in [0.25, 0.3) is 5.69 Å². The number of hydrogen-bond donors (Lipinski definition) is 2. The monoisotopic (exact) mass is 297 g/mol. The van der Waals surface area contributed by atoms with Gasteiger partial charge in [0, 0.05) is 11.8 Å². The van der Waals surface area contributed by atoms with Crippen molar-refractivity contribution >= 4 is 28.9 Å². The minimum Gasteiger partial charge on any atom is -0.324 e. The van der Waals surface area contributed by atoms with Crippen molar-refractivity contribution in [1.82, 2.24) is 5.32 Å². The molecule has 1 saturated heterocycles. The molecule has 0 saturated carbocycles. The first kappa shape index (κ1) is 14.7. The van der Waals surface area contributed by atoms with E-state index < -0.39 is 10.5 Å². The van der Waals surface area contributed by atoms with E-state index in [1.807, 2.05) is 6.92 Å². The van der Waals surface area contributed by atoms with E-state index in [1.165, 1.54) is 12.1 Å². The highest BCUT2D eigenvalue weighted by Crippen LogP contribution is 2.31. The molecule has 1 amide bonds. The van der Waals surface area contributed by atoms with Crippen molar-refractivity contribution < 1.29 is 9.72 Å². The van der Waals surface area contributed by atoms with Gasteiger partial charge in [-0.05, 0) is 44.9 Å². The third-order valence-corrected chi connectivity index (χ3v) is 3.91. The summed E-state index contributed by atoms with van der Waals surface area (Å²) in [5.74, 6) is -0.150. The van der Waals surface area contributed by atoms with Crippen molar-refractivity contribution in [2.24, 2.45) is 0 Å². The van der Waals surface area contributed by atoms with E-state index in [9.17, 15) is 14.9 Å². The van der Waals surface area contributed by atoms with Gasteiger partial charge in [-0.3, -0.25) is 14.9 Å². The first-order chi connectivity index (χ1) is 9.33. The number of nitro benzene ring substituents is 1. The number of benzene rings is 1. The molecule has 0 aliphatic carbocycles.